The van der Waals surface area contributed by atoms with Crippen LogP contribution >= 0.6 is 0 Å². The van der Waals surface area contributed by atoms with Gasteiger partial charge in [-0.15, -0.1) is 5.10 Å². The summed E-state index contributed by atoms with van der Waals surface area (Å²) >= 11 is 0. The first-order valence-electron chi connectivity index (χ1n) is 6.28. The lowest BCUT2D eigenvalue weighted by atomic mass is 10.1. The highest BCUT2D eigenvalue weighted by Crippen LogP contribution is 1.96. The lowest BCUT2D eigenvalue weighted by molar-refractivity contribution is 0.500. The van der Waals surface area contributed by atoms with Gasteiger partial charge in [-0.2, -0.15) is 0 Å². The molecule has 2 aromatic heterocycles. The zero-order chi connectivity index (χ0) is 13.0. The molecule has 0 radical (unpaired) electrons. The average Bonchev–Trinajstić information content (AvgIpc) is 2.66. The molecule has 0 aromatic carbocycles. The summed E-state index contributed by atoms with van der Waals surface area (Å²) in [6.45, 7) is 6.70. The molecule has 6 heteroatoms. The smallest absolute Gasteiger partial charge is 0.315 e. The Balaban J connectivity index is 1.92. The van der Waals surface area contributed by atoms with Gasteiger partial charge in [0.1, 0.15) is 0 Å². The molecule has 0 bridgehead atoms. The third-order valence-electron chi connectivity index (χ3n) is 2.79. The van der Waals surface area contributed by atoms with E-state index in [1.165, 1.54) is 9.08 Å². The first kappa shape index (κ1) is 12.8. The van der Waals surface area contributed by atoms with Crippen LogP contribution in [0.15, 0.2) is 23.4 Å². The van der Waals surface area contributed by atoms with Crippen molar-refractivity contribution in [3.05, 3.63) is 29.1 Å². The Morgan fingerprint density at radius 3 is 2.94 bits per heavy atom. The van der Waals surface area contributed by atoms with Crippen molar-refractivity contribution < 1.29 is 0 Å². The minimum atomic E-state index is -0.113. The van der Waals surface area contributed by atoms with E-state index in [0.717, 1.165) is 19.5 Å². The Kier molecular flexibility index (Phi) is 4.09. The fourth-order valence-corrected chi connectivity index (χ4v) is 1.73. The SMILES string of the molecule is CC(C)CCNCCn1nc2cnccn2c1=O. The molecule has 0 atom stereocenters. The molecule has 0 saturated heterocycles. The molecule has 6 nitrogen and oxygen atoms in total. The monoisotopic (exact) mass is 249 g/mol. The van der Waals surface area contributed by atoms with Crippen molar-refractivity contribution in [2.45, 2.75) is 26.8 Å². The molecule has 1 N–H and O–H groups in total. The number of rotatable bonds is 6. The zero-order valence-corrected chi connectivity index (χ0v) is 10.8. The summed E-state index contributed by atoms with van der Waals surface area (Å²) in [6, 6.07) is 0. The molecule has 98 valence electrons. The van der Waals surface area contributed by atoms with Crippen LogP contribution in [-0.2, 0) is 6.54 Å². The summed E-state index contributed by atoms with van der Waals surface area (Å²) in [7, 11) is 0. The maximum atomic E-state index is 11.9. The van der Waals surface area contributed by atoms with Crippen LogP contribution in [0.2, 0.25) is 0 Å². The Bertz CT molecular complexity index is 557. The predicted molar refractivity (Wildman–Crippen MR) is 69.6 cm³/mol. The molecule has 2 aromatic rings. The van der Waals surface area contributed by atoms with Crippen LogP contribution < -0.4 is 11.0 Å². The van der Waals surface area contributed by atoms with Crippen molar-refractivity contribution in [1.29, 1.82) is 0 Å². The number of fused-ring (bicyclic) bond motifs is 1. The summed E-state index contributed by atoms with van der Waals surface area (Å²) < 4.78 is 2.97. The summed E-state index contributed by atoms with van der Waals surface area (Å²) in [5.41, 5.74) is 0.475. The van der Waals surface area contributed by atoms with Crippen molar-refractivity contribution in [3.8, 4) is 0 Å². The third kappa shape index (κ3) is 2.95. The van der Waals surface area contributed by atoms with Gasteiger partial charge in [0.05, 0.1) is 12.7 Å². The van der Waals surface area contributed by atoms with E-state index in [2.05, 4.69) is 29.2 Å². The lowest BCUT2D eigenvalue weighted by Crippen LogP contribution is -2.28. The molecule has 0 aliphatic carbocycles. The first-order valence-corrected chi connectivity index (χ1v) is 6.28. The minimum Gasteiger partial charge on any atom is -0.315 e. The van der Waals surface area contributed by atoms with E-state index in [1.807, 2.05) is 0 Å². The third-order valence-corrected chi connectivity index (χ3v) is 2.79. The van der Waals surface area contributed by atoms with Gasteiger partial charge >= 0.3 is 5.69 Å². The van der Waals surface area contributed by atoms with E-state index in [0.29, 0.717) is 18.1 Å². The summed E-state index contributed by atoms with van der Waals surface area (Å²) in [5, 5.41) is 7.52. The number of nitrogens with one attached hydrogen (secondary N) is 1. The molecule has 0 unspecified atom stereocenters. The van der Waals surface area contributed by atoms with Crippen LogP contribution in [0.4, 0.5) is 0 Å². The number of aromatic nitrogens is 4. The van der Waals surface area contributed by atoms with Crippen LogP contribution in [0.1, 0.15) is 20.3 Å². The fourth-order valence-electron chi connectivity index (χ4n) is 1.73. The summed E-state index contributed by atoms with van der Waals surface area (Å²) in [5.74, 6) is 0.696. The highest BCUT2D eigenvalue weighted by molar-refractivity contribution is 5.31. The van der Waals surface area contributed by atoms with E-state index >= 15 is 0 Å². The molecule has 0 amide bonds. The van der Waals surface area contributed by atoms with Crippen LogP contribution in [-0.4, -0.2) is 32.3 Å². The van der Waals surface area contributed by atoms with E-state index < -0.39 is 0 Å². The van der Waals surface area contributed by atoms with E-state index in [9.17, 15) is 4.79 Å². The topological polar surface area (TPSA) is 64.2 Å². The number of hydrogen-bond acceptors (Lipinski definition) is 4. The van der Waals surface area contributed by atoms with Crippen molar-refractivity contribution in [3.63, 3.8) is 0 Å². The summed E-state index contributed by atoms with van der Waals surface area (Å²) in [4.78, 5) is 15.9. The van der Waals surface area contributed by atoms with Gasteiger partial charge in [-0.05, 0) is 18.9 Å². The average molecular weight is 249 g/mol. The number of nitrogens with zero attached hydrogens (tertiary/aromatic N) is 4. The maximum absolute atomic E-state index is 11.9. The molecular formula is C12H19N5O. The second-order valence-electron chi connectivity index (χ2n) is 4.74. The van der Waals surface area contributed by atoms with Gasteiger partial charge < -0.3 is 5.32 Å². The van der Waals surface area contributed by atoms with Crippen molar-refractivity contribution in [2.24, 2.45) is 5.92 Å². The first-order chi connectivity index (χ1) is 8.68. The van der Waals surface area contributed by atoms with Gasteiger partial charge in [0, 0.05) is 18.9 Å². The van der Waals surface area contributed by atoms with E-state index in [4.69, 9.17) is 0 Å². The molecule has 0 saturated carbocycles. The predicted octanol–water partition coefficient (Wildman–Crippen LogP) is 0.527. The zero-order valence-electron chi connectivity index (χ0n) is 10.8. The minimum absolute atomic E-state index is 0.113. The normalized spacial score (nSPS) is 11.5. The Labute approximate surface area is 106 Å². The molecule has 2 heterocycles. The quantitative estimate of drug-likeness (QED) is 0.758. The van der Waals surface area contributed by atoms with Gasteiger partial charge in [0.15, 0.2) is 5.65 Å². The van der Waals surface area contributed by atoms with Gasteiger partial charge in [0.25, 0.3) is 0 Å². The van der Waals surface area contributed by atoms with Gasteiger partial charge in [-0.3, -0.25) is 4.98 Å². The van der Waals surface area contributed by atoms with E-state index in [1.54, 1.807) is 18.6 Å². The van der Waals surface area contributed by atoms with Crippen LogP contribution in [0, 0.1) is 5.92 Å². The molecule has 2 rings (SSSR count). The Morgan fingerprint density at radius 2 is 2.22 bits per heavy atom. The summed E-state index contributed by atoms with van der Waals surface area (Å²) in [6.07, 6.45) is 5.95. The molecule has 18 heavy (non-hydrogen) atoms. The van der Waals surface area contributed by atoms with Crippen LogP contribution in [0.5, 0.6) is 0 Å². The highest BCUT2D eigenvalue weighted by Gasteiger charge is 2.05. The van der Waals surface area contributed by atoms with Crippen LogP contribution in [0.25, 0.3) is 5.65 Å². The van der Waals surface area contributed by atoms with Crippen molar-refractivity contribution in [1.82, 2.24) is 24.5 Å². The largest absolute Gasteiger partial charge is 0.350 e. The molecular weight excluding hydrogens is 230 g/mol. The van der Waals surface area contributed by atoms with Gasteiger partial charge in [-0.25, -0.2) is 13.9 Å². The maximum Gasteiger partial charge on any atom is 0.350 e. The number of hydrogen-bond donors (Lipinski definition) is 1. The lowest BCUT2D eigenvalue weighted by Gasteiger charge is -2.06. The van der Waals surface area contributed by atoms with Crippen molar-refractivity contribution >= 4 is 5.65 Å². The molecule has 0 aliphatic heterocycles. The Morgan fingerprint density at radius 1 is 1.39 bits per heavy atom. The molecule has 0 aliphatic rings. The van der Waals surface area contributed by atoms with Gasteiger partial charge in [-0.1, -0.05) is 13.8 Å². The Hall–Kier alpha value is -1.69. The molecule has 0 spiro atoms. The second-order valence-corrected chi connectivity index (χ2v) is 4.74. The second kappa shape index (κ2) is 5.77. The van der Waals surface area contributed by atoms with Gasteiger partial charge in [0.2, 0.25) is 0 Å². The van der Waals surface area contributed by atoms with E-state index in [-0.39, 0.29) is 5.69 Å². The molecule has 0 fully saturated rings. The highest BCUT2D eigenvalue weighted by atomic mass is 16.2. The standard InChI is InChI=1S/C12H19N5O/c1-10(2)3-4-13-6-8-17-12(18)16-7-5-14-9-11(16)15-17/h5,7,9-10,13H,3-4,6,8H2,1-2H3. The van der Waals surface area contributed by atoms with Crippen molar-refractivity contribution in [2.75, 3.05) is 13.1 Å². The van der Waals surface area contributed by atoms with Crippen LogP contribution in [0.3, 0.4) is 0 Å². The fraction of sp³-hybridized carbons (Fsp3) is 0.583.